The minimum Gasteiger partial charge on any atom is -0.355 e. The van der Waals surface area contributed by atoms with Crippen LogP contribution in [0.1, 0.15) is 35.3 Å². The summed E-state index contributed by atoms with van der Waals surface area (Å²) < 4.78 is 0. The predicted molar refractivity (Wildman–Crippen MR) is 60.7 cm³/mol. The molecule has 2 heteroatoms. The topological polar surface area (TPSA) is 29.1 Å². The Morgan fingerprint density at radius 1 is 1.14 bits per heavy atom. The van der Waals surface area contributed by atoms with Crippen LogP contribution in [-0.2, 0) is 0 Å². The van der Waals surface area contributed by atoms with Gasteiger partial charge in [-0.25, -0.2) is 0 Å². The third kappa shape index (κ3) is 3.21. The summed E-state index contributed by atoms with van der Waals surface area (Å²) in [5, 5.41) is 2.59. The van der Waals surface area contributed by atoms with E-state index in [1.54, 1.807) is 7.05 Å². The summed E-state index contributed by atoms with van der Waals surface area (Å²) in [6.07, 6.45) is 0. The summed E-state index contributed by atoms with van der Waals surface area (Å²) in [5.41, 5.74) is 3.08. The first kappa shape index (κ1) is 12.7. The van der Waals surface area contributed by atoms with E-state index in [9.17, 15) is 4.79 Å². The van der Waals surface area contributed by atoms with Crippen molar-refractivity contribution in [1.29, 1.82) is 0 Å². The van der Waals surface area contributed by atoms with Crippen LogP contribution in [0.15, 0.2) is 18.2 Å². The lowest BCUT2D eigenvalue weighted by molar-refractivity contribution is 0.0963. The molecule has 78 valence electrons. The lowest BCUT2D eigenvalue weighted by Gasteiger charge is -2.03. The molecule has 0 fully saturated rings. The van der Waals surface area contributed by atoms with E-state index < -0.39 is 0 Å². The molecular formula is C12H19NO. The highest BCUT2D eigenvalue weighted by atomic mass is 16.1. The molecule has 1 N–H and O–H groups in total. The molecule has 0 unspecified atom stereocenters. The summed E-state index contributed by atoms with van der Waals surface area (Å²) in [6.45, 7) is 8.03. The van der Waals surface area contributed by atoms with Crippen LogP contribution < -0.4 is 5.32 Å². The Bertz CT molecular complexity index is 305. The van der Waals surface area contributed by atoms with E-state index in [1.807, 2.05) is 45.9 Å². The summed E-state index contributed by atoms with van der Waals surface area (Å²) in [6, 6.07) is 5.69. The number of benzene rings is 1. The molecule has 0 atom stereocenters. The van der Waals surface area contributed by atoms with Crippen LogP contribution >= 0.6 is 0 Å². The van der Waals surface area contributed by atoms with Gasteiger partial charge in [0.15, 0.2) is 0 Å². The van der Waals surface area contributed by atoms with Crippen molar-refractivity contribution in [3.63, 3.8) is 0 Å². The highest BCUT2D eigenvalue weighted by Gasteiger charge is 2.02. The summed E-state index contributed by atoms with van der Waals surface area (Å²) in [7, 11) is 1.64. The van der Waals surface area contributed by atoms with E-state index in [2.05, 4.69) is 5.32 Å². The zero-order valence-corrected chi connectivity index (χ0v) is 9.64. The number of carbonyl (C=O) groups excluding carboxylic acids is 1. The Morgan fingerprint density at radius 3 is 2.14 bits per heavy atom. The Morgan fingerprint density at radius 2 is 1.71 bits per heavy atom. The Kier molecular flexibility index (Phi) is 5.61. The van der Waals surface area contributed by atoms with Gasteiger partial charge < -0.3 is 5.32 Å². The van der Waals surface area contributed by atoms with Crippen molar-refractivity contribution >= 4 is 5.91 Å². The quantitative estimate of drug-likeness (QED) is 0.730. The zero-order chi connectivity index (χ0) is 11.1. The van der Waals surface area contributed by atoms with E-state index in [0.717, 1.165) is 11.1 Å². The molecule has 0 bridgehead atoms. The smallest absolute Gasteiger partial charge is 0.251 e. The molecule has 14 heavy (non-hydrogen) atoms. The predicted octanol–water partition coefficient (Wildman–Crippen LogP) is 2.69. The number of amides is 1. The fourth-order valence-corrected chi connectivity index (χ4v) is 1.03. The van der Waals surface area contributed by atoms with Gasteiger partial charge in [0.1, 0.15) is 0 Å². The lowest BCUT2D eigenvalue weighted by Crippen LogP contribution is -2.17. The number of hydrogen-bond donors (Lipinski definition) is 1. The highest BCUT2D eigenvalue weighted by molar-refractivity contribution is 5.94. The second-order valence-corrected chi connectivity index (χ2v) is 2.88. The van der Waals surface area contributed by atoms with Gasteiger partial charge in [-0.3, -0.25) is 4.79 Å². The van der Waals surface area contributed by atoms with Gasteiger partial charge in [0.2, 0.25) is 0 Å². The molecule has 0 saturated carbocycles. The van der Waals surface area contributed by atoms with Crippen LogP contribution in [-0.4, -0.2) is 13.0 Å². The number of hydrogen-bond acceptors (Lipinski definition) is 1. The van der Waals surface area contributed by atoms with Crippen LogP contribution in [0.2, 0.25) is 0 Å². The molecule has 0 aliphatic heterocycles. The third-order valence-corrected chi connectivity index (χ3v) is 2.00. The average molecular weight is 193 g/mol. The van der Waals surface area contributed by atoms with Gasteiger partial charge in [-0.1, -0.05) is 19.9 Å². The first-order valence-corrected chi connectivity index (χ1v) is 4.94. The molecule has 1 aromatic carbocycles. The maximum atomic E-state index is 11.2. The molecule has 0 aliphatic carbocycles. The standard InChI is InChI=1S/C10H13NO.C2H6/c1-7-4-5-9(6-8(7)2)10(12)11-3;1-2/h4-6H,1-3H3,(H,11,12);1-2H3. The van der Waals surface area contributed by atoms with Crippen molar-refractivity contribution < 1.29 is 4.79 Å². The SMILES string of the molecule is CC.CNC(=O)c1ccc(C)c(C)c1. The zero-order valence-electron chi connectivity index (χ0n) is 9.64. The molecule has 1 aromatic rings. The maximum absolute atomic E-state index is 11.2. The fourth-order valence-electron chi connectivity index (χ4n) is 1.03. The van der Waals surface area contributed by atoms with Gasteiger partial charge in [0, 0.05) is 12.6 Å². The largest absolute Gasteiger partial charge is 0.355 e. The van der Waals surface area contributed by atoms with Gasteiger partial charge >= 0.3 is 0 Å². The monoisotopic (exact) mass is 193 g/mol. The number of nitrogens with one attached hydrogen (secondary N) is 1. The number of carbonyl (C=O) groups is 1. The van der Waals surface area contributed by atoms with Crippen molar-refractivity contribution in [2.45, 2.75) is 27.7 Å². The fraction of sp³-hybridized carbons (Fsp3) is 0.417. The molecular weight excluding hydrogens is 174 g/mol. The van der Waals surface area contributed by atoms with E-state index in [-0.39, 0.29) is 5.91 Å². The summed E-state index contributed by atoms with van der Waals surface area (Å²) in [5.74, 6) is -0.0295. The van der Waals surface area contributed by atoms with E-state index in [0.29, 0.717) is 0 Å². The molecule has 2 nitrogen and oxygen atoms in total. The van der Waals surface area contributed by atoms with Crippen LogP contribution in [0.5, 0.6) is 0 Å². The van der Waals surface area contributed by atoms with Crippen LogP contribution in [0, 0.1) is 13.8 Å². The molecule has 0 radical (unpaired) electrons. The molecule has 0 spiro atoms. The third-order valence-electron chi connectivity index (χ3n) is 2.00. The molecule has 0 heterocycles. The van der Waals surface area contributed by atoms with Gasteiger partial charge in [0.05, 0.1) is 0 Å². The van der Waals surface area contributed by atoms with Crippen molar-refractivity contribution in [3.8, 4) is 0 Å². The van der Waals surface area contributed by atoms with Gasteiger partial charge in [-0.05, 0) is 37.1 Å². The van der Waals surface area contributed by atoms with Crippen molar-refractivity contribution in [2.75, 3.05) is 7.05 Å². The first-order chi connectivity index (χ1) is 6.65. The van der Waals surface area contributed by atoms with Crippen molar-refractivity contribution in [2.24, 2.45) is 0 Å². The van der Waals surface area contributed by atoms with E-state index >= 15 is 0 Å². The minimum absolute atomic E-state index is 0.0295. The second-order valence-electron chi connectivity index (χ2n) is 2.88. The normalized spacial score (nSPS) is 8.64. The summed E-state index contributed by atoms with van der Waals surface area (Å²) in [4.78, 5) is 11.2. The lowest BCUT2D eigenvalue weighted by atomic mass is 10.1. The first-order valence-electron chi connectivity index (χ1n) is 4.94. The average Bonchev–Trinajstić information content (AvgIpc) is 2.24. The number of aryl methyl sites for hydroxylation is 2. The Balaban J connectivity index is 0.000000791. The van der Waals surface area contributed by atoms with Crippen LogP contribution in [0.3, 0.4) is 0 Å². The maximum Gasteiger partial charge on any atom is 0.251 e. The molecule has 1 amide bonds. The molecule has 0 aromatic heterocycles. The Labute approximate surface area is 86.3 Å². The molecule has 1 rings (SSSR count). The van der Waals surface area contributed by atoms with Gasteiger partial charge in [0.25, 0.3) is 5.91 Å². The van der Waals surface area contributed by atoms with E-state index in [4.69, 9.17) is 0 Å². The Hall–Kier alpha value is -1.31. The summed E-state index contributed by atoms with van der Waals surface area (Å²) >= 11 is 0. The van der Waals surface area contributed by atoms with E-state index in [1.165, 1.54) is 5.56 Å². The van der Waals surface area contributed by atoms with Gasteiger partial charge in [-0.15, -0.1) is 0 Å². The van der Waals surface area contributed by atoms with Gasteiger partial charge in [-0.2, -0.15) is 0 Å². The second kappa shape index (κ2) is 6.19. The van der Waals surface area contributed by atoms with Crippen LogP contribution in [0.25, 0.3) is 0 Å². The molecule has 0 saturated heterocycles. The van der Waals surface area contributed by atoms with Crippen molar-refractivity contribution in [3.05, 3.63) is 34.9 Å². The van der Waals surface area contributed by atoms with Crippen LogP contribution in [0.4, 0.5) is 0 Å². The highest BCUT2D eigenvalue weighted by Crippen LogP contribution is 2.09. The number of rotatable bonds is 1. The van der Waals surface area contributed by atoms with Crippen molar-refractivity contribution in [1.82, 2.24) is 5.32 Å². The molecule has 0 aliphatic rings. The minimum atomic E-state index is -0.0295.